The van der Waals surface area contributed by atoms with Gasteiger partial charge in [-0.1, -0.05) is 27.5 Å². The second-order valence-corrected chi connectivity index (χ2v) is 10.3. The number of esters is 1. The van der Waals surface area contributed by atoms with Gasteiger partial charge in [0, 0.05) is 9.35 Å². The summed E-state index contributed by atoms with van der Waals surface area (Å²) < 4.78 is 5.94. The van der Waals surface area contributed by atoms with E-state index in [0.29, 0.717) is 17.2 Å². The maximum absolute atomic E-state index is 12.6. The molecule has 1 aromatic rings. The van der Waals surface area contributed by atoms with Crippen molar-refractivity contribution in [2.75, 3.05) is 0 Å². The molecule has 5 rings (SSSR count). The maximum Gasteiger partial charge on any atom is 0.311 e. The molecular formula is C19H22BrClO2. The number of alkyl halides is 1. The van der Waals surface area contributed by atoms with Gasteiger partial charge in [0.25, 0.3) is 0 Å². The van der Waals surface area contributed by atoms with Gasteiger partial charge in [0.2, 0.25) is 0 Å². The molecule has 0 heterocycles. The van der Waals surface area contributed by atoms with Gasteiger partial charge < -0.3 is 4.74 Å². The molecule has 2 unspecified atom stereocenters. The first-order chi connectivity index (χ1) is 10.8. The number of carbonyl (C=O) groups is 1. The zero-order valence-electron chi connectivity index (χ0n) is 13.4. The smallest absolute Gasteiger partial charge is 0.311 e. The highest BCUT2D eigenvalue weighted by molar-refractivity contribution is 9.10. The van der Waals surface area contributed by atoms with Gasteiger partial charge in [-0.2, -0.15) is 0 Å². The van der Waals surface area contributed by atoms with Crippen LogP contribution < -0.4 is 4.74 Å². The Kier molecular flexibility index (Phi) is 3.81. The summed E-state index contributed by atoms with van der Waals surface area (Å²) in [7, 11) is 0. The predicted octanol–water partition coefficient (Wildman–Crippen LogP) is 5.68. The second-order valence-electron chi connectivity index (χ2n) is 8.17. The van der Waals surface area contributed by atoms with Gasteiger partial charge >= 0.3 is 5.97 Å². The number of aryl methyl sites for hydroxylation is 1. The average molecular weight is 398 g/mol. The lowest BCUT2D eigenvalue weighted by molar-refractivity contribution is -0.141. The van der Waals surface area contributed by atoms with Crippen molar-refractivity contribution in [1.82, 2.24) is 0 Å². The average Bonchev–Trinajstić information content (AvgIpc) is 2.38. The minimum absolute atomic E-state index is 0.0894. The van der Waals surface area contributed by atoms with Crippen LogP contribution >= 0.6 is 27.5 Å². The number of benzene rings is 1. The van der Waals surface area contributed by atoms with E-state index in [2.05, 4.69) is 15.9 Å². The van der Waals surface area contributed by atoms with Gasteiger partial charge in [-0.05, 0) is 86.5 Å². The quantitative estimate of drug-likeness (QED) is 0.373. The molecule has 0 saturated heterocycles. The Bertz CT molecular complexity index is 643. The standard InChI is InChI=1S/C19H22BrClO2/c1-12-4-15(21)2-3-16(12)23-17(22)10-18-6-13-5-14(7-18)9-19(20,8-13)11-18/h2-4,13-14H,5-11H2,1H3/t13-,14+,18?,19?. The highest BCUT2D eigenvalue weighted by Gasteiger charge is 2.57. The Hall–Kier alpha value is -0.540. The van der Waals surface area contributed by atoms with E-state index in [9.17, 15) is 4.79 Å². The van der Waals surface area contributed by atoms with Crippen LogP contribution in [0.15, 0.2) is 18.2 Å². The van der Waals surface area contributed by atoms with Gasteiger partial charge in [0.05, 0.1) is 6.42 Å². The molecule has 23 heavy (non-hydrogen) atoms. The van der Waals surface area contributed by atoms with E-state index in [4.69, 9.17) is 16.3 Å². The minimum Gasteiger partial charge on any atom is -0.426 e. The van der Waals surface area contributed by atoms with Crippen molar-refractivity contribution < 1.29 is 9.53 Å². The maximum atomic E-state index is 12.6. The summed E-state index contributed by atoms with van der Waals surface area (Å²) in [5, 5.41) is 0.671. The van der Waals surface area contributed by atoms with Crippen LogP contribution in [0.2, 0.25) is 5.02 Å². The first-order valence-corrected chi connectivity index (χ1v) is 9.68. The van der Waals surface area contributed by atoms with Crippen LogP contribution in [0.5, 0.6) is 5.75 Å². The molecule has 124 valence electrons. The fraction of sp³-hybridized carbons (Fsp3) is 0.632. The number of hydrogen-bond acceptors (Lipinski definition) is 2. The van der Waals surface area contributed by atoms with Crippen LogP contribution in [-0.4, -0.2) is 10.3 Å². The highest BCUT2D eigenvalue weighted by Crippen LogP contribution is 2.65. The molecule has 4 atom stereocenters. The molecule has 0 amide bonds. The van der Waals surface area contributed by atoms with E-state index in [1.807, 2.05) is 13.0 Å². The van der Waals surface area contributed by atoms with Gasteiger partial charge in [0.15, 0.2) is 0 Å². The predicted molar refractivity (Wildman–Crippen MR) is 95.2 cm³/mol. The lowest BCUT2D eigenvalue weighted by atomic mass is 9.49. The van der Waals surface area contributed by atoms with Crippen molar-refractivity contribution in [2.45, 2.75) is 56.2 Å². The summed E-state index contributed by atoms with van der Waals surface area (Å²) >= 11 is 9.97. The van der Waals surface area contributed by atoms with Gasteiger partial charge in [0.1, 0.15) is 5.75 Å². The van der Waals surface area contributed by atoms with E-state index in [-0.39, 0.29) is 15.7 Å². The largest absolute Gasteiger partial charge is 0.426 e. The molecular weight excluding hydrogens is 376 g/mol. The number of carbonyl (C=O) groups excluding carboxylic acids is 1. The molecule has 4 bridgehead atoms. The molecule has 4 saturated carbocycles. The van der Waals surface area contributed by atoms with E-state index < -0.39 is 0 Å². The highest BCUT2D eigenvalue weighted by atomic mass is 79.9. The van der Waals surface area contributed by atoms with Crippen molar-refractivity contribution in [3.8, 4) is 5.75 Å². The molecule has 4 aliphatic rings. The SMILES string of the molecule is Cc1cc(Cl)ccc1OC(=O)CC12C[C@@H]3C[C@@H](CC(Br)(C3)C1)C2. The monoisotopic (exact) mass is 396 g/mol. The molecule has 4 fully saturated rings. The first-order valence-electron chi connectivity index (χ1n) is 8.51. The van der Waals surface area contributed by atoms with Crippen molar-refractivity contribution in [2.24, 2.45) is 17.3 Å². The third-order valence-electron chi connectivity index (χ3n) is 5.99. The summed E-state index contributed by atoms with van der Waals surface area (Å²) in [6.07, 6.45) is 8.02. The third-order valence-corrected chi connectivity index (χ3v) is 7.15. The minimum atomic E-state index is -0.0894. The summed E-state index contributed by atoms with van der Waals surface area (Å²) in [5.41, 5.74) is 1.07. The molecule has 2 nitrogen and oxygen atoms in total. The Labute approximate surface area is 151 Å². The number of halogens is 2. The molecule has 0 aliphatic heterocycles. The fourth-order valence-corrected chi connectivity index (χ4v) is 7.47. The fourth-order valence-electron chi connectivity index (χ4n) is 5.74. The molecule has 4 heteroatoms. The van der Waals surface area contributed by atoms with E-state index in [0.717, 1.165) is 23.8 Å². The summed E-state index contributed by atoms with van der Waals surface area (Å²) in [6.45, 7) is 1.92. The summed E-state index contributed by atoms with van der Waals surface area (Å²) in [5.74, 6) is 2.13. The van der Waals surface area contributed by atoms with Gasteiger partial charge in [-0.25, -0.2) is 0 Å². The molecule has 4 aliphatic carbocycles. The van der Waals surface area contributed by atoms with Crippen LogP contribution in [0.4, 0.5) is 0 Å². The van der Waals surface area contributed by atoms with Gasteiger partial charge in [-0.3, -0.25) is 4.79 Å². The van der Waals surface area contributed by atoms with Crippen LogP contribution in [0.3, 0.4) is 0 Å². The molecule has 0 aromatic heterocycles. The summed E-state index contributed by atoms with van der Waals surface area (Å²) in [6, 6.07) is 5.40. The van der Waals surface area contributed by atoms with E-state index in [1.54, 1.807) is 12.1 Å². The van der Waals surface area contributed by atoms with E-state index in [1.165, 1.54) is 32.1 Å². The normalized spacial score (nSPS) is 37.9. The Morgan fingerprint density at radius 1 is 1.30 bits per heavy atom. The first kappa shape index (κ1) is 16.0. The second kappa shape index (κ2) is 5.49. The van der Waals surface area contributed by atoms with Crippen molar-refractivity contribution in [1.29, 1.82) is 0 Å². The topological polar surface area (TPSA) is 26.3 Å². The molecule has 0 N–H and O–H groups in total. The van der Waals surface area contributed by atoms with Crippen molar-refractivity contribution in [3.05, 3.63) is 28.8 Å². The molecule has 1 aromatic carbocycles. The zero-order chi connectivity index (χ0) is 16.2. The van der Waals surface area contributed by atoms with Crippen LogP contribution in [0.25, 0.3) is 0 Å². The van der Waals surface area contributed by atoms with Crippen LogP contribution in [0, 0.1) is 24.2 Å². The van der Waals surface area contributed by atoms with Crippen LogP contribution in [0.1, 0.15) is 50.5 Å². The number of ether oxygens (including phenoxy) is 1. The molecule has 0 radical (unpaired) electrons. The lowest BCUT2D eigenvalue weighted by Gasteiger charge is -2.60. The number of hydrogen-bond donors (Lipinski definition) is 0. The Morgan fingerprint density at radius 2 is 2.00 bits per heavy atom. The van der Waals surface area contributed by atoms with Crippen molar-refractivity contribution >= 4 is 33.5 Å². The number of rotatable bonds is 3. The summed E-state index contributed by atoms with van der Waals surface area (Å²) in [4.78, 5) is 12.6. The van der Waals surface area contributed by atoms with Gasteiger partial charge in [-0.15, -0.1) is 0 Å². The molecule has 0 spiro atoms. The Balaban J connectivity index is 1.48. The van der Waals surface area contributed by atoms with Crippen LogP contribution in [-0.2, 0) is 4.79 Å². The zero-order valence-corrected chi connectivity index (χ0v) is 15.8. The lowest BCUT2D eigenvalue weighted by Crippen LogP contribution is -2.53. The Morgan fingerprint density at radius 3 is 2.61 bits per heavy atom. The van der Waals surface area contributed by atoms with E-state index >= 15 is 0 Å². The third kappa shape index (κ3) is 3.07. The van der Waals surface area contributed by atoms with Crippen molar-refractivity contribution in [3.63, 3.8) is 0 Å².